The molecule has 1 aromatic carbocycles. The third kappa shape index (κ3) is 2.64. The average molecular weight is 325 g/mol. The maximum atomic E-state index is 12.9. The average Bonchev–Trinajstić information content (AvgIpc) is 3.22. The normalized spacial score (nSPS) is 29.1. The summed E-state index contributed by atoms with van der Waals surface area (Å²) < 4.78 is 36.1. The number of amides is 1. The molecule has 0 radical (unpaired) electrons. The van der Waals surface area contributed by atoms with E-state index < -0.39 is 14.6 Å². The minimum Gasteiger partial charge on any atom is -0.340 e. The van der Waals surface area contributed by atoms with Crippen molar-refractivity contribution in [2.45, 2.75) is 30.9 Å². The molecule has 0 N–H and O–H groups in total. The number of carbonyl (C=O) groups excluding carboxylic acids is 1. The second kappa shape index (κ2) is 5.05. The van der Waals surface area contributed by atoms with Crippen LogP contribution in [0.5, 0.6) is 0 Å². The number of hydrogen-bond donors (Lipinski definition) is 0. The summed E-state index contributed by atoms with van der Waals surface area (Å²) in [6, 6.07) is 6.26. The van der Waals surface area contributed by atoms with Crippen LogP contribution in [-0.2, 0) is 14.6 Å². The topological polar surface area (TPSA) is 54.5 Å². The van der Waals surface area contributed by atoms with Crippen molar-refractivity contribution in [3.63, 3.8) is 0 Å². The largest absolute Gasteiger partial charge is 0.340 e. The van der Waals surface area contributed by atoms with E-state index >= 15 is 0 Å². The molecule has 1 saturated heterocycles. The molecule has 1 amide bonds. The van der Waals surface area contributed by atoms with Gasteiger partial charge in [-0.2, -0.15) is 0 Å². The van der Waals surface area contributed by atoms with Gasteiger partial charge >= 0.3 is 0 Å². The molecule has 2 aliphatic rings. The highest BCUT2D eigenvalue weighted by molar-refractivity contribution is 7.92. The number of halogens is 1. The molecular formula is C16H20FNO3S. The number of rotatable bonds is 2. The van der Waals surface area contributed by atoms with Gasteiger partial charge in [-0.25, -0.2) is 12.8 Å². The predicted molar refractivity (Wildman–Crippen MR) is 81.7 cm³/mol. The van der Waals surface area contributed by atoms with Gasteiger partial charge in [-0.3, -0.25) is 4.79 Å². The zero-order valence-electron chi connectivity index (χ0n) is 12.8. The lowest BCUT2D eigenvalue weighted by atomic mass is 10.1. The Morgan fingerprint density at radius 3 is 2.50 bits per heavy atom. The van der Waals surface area contributed by atoms with Gasteiger partial charge < -0.3 is 4.90 Å². The van der Waals surface area contributed by atoms with Gasteiger partial charge in [0, 0.05) is 19.0 Å². The molecule has 1 aliphatic heterocycles. The van der Waals surface area contributed by atoms with Gasteiger partial charge in [-0.1, -0.05) is 12.1 Å². The molecule has 22 heavy (non-hydrogen) atoms. The van der Waals surface area contributed by atoms with E-state index in [2.05, 4.69) is 0 Å². The van der Waals surface area contributed by atoms with E-state index in [1.165, 1.54) is 12.1 Å². The van der Waals surface area contributed by atoms with Crippen molar-refractivity contribution < 1.29 is 17.6 Å². The number of benzene rings is 1. The quantitative estimate of drug-likeness (QED) is 0.835. The van der Waals surface area contributed by atoms with Crippen LogP contribution in [0.25, 0.3) is 0 Å². The maximum absolute atomic E-state index is 12.9. The Bertz CT molecular complexity index is 697. The summed E-state index contributed by atoms with van der Waals surface area (Å²) in [5, 5.41) is 0. The monoisotopic (exact) mass is 325 g/mol. The summed E-state index contributed by atoms with van der Waals surface area (Å²) in [5.74, 6) is -0.191. The van der Waals surface area contributed by atoms with Gasteiger partial charge in [-0.15, -0.1) is 0 Å². The van der Waals surface area contributed by atoms with Gasteiger partial charge in [0.05, 0.1) is 10.5 Å². The van der Waals surface area contributed by atoms with E-state index in [1.54, 1.807) is 30.9 Å². The fourth-order valence-corrected chi connectivity index (χ4v) is 4.48. The van der Waals surface area contributed by atoms with Crippen LogP contribution in [0.15, 0.2) is 24.3 Å². The maximum Gasteiger partial charge on any atom is 0.226 e. The summed E-state index contributed by atoms with van der Waals surface area (Å²) in [6.45, 7) is 3.87. The third-order valence-corrected chi connectivity index (χ3v) is 7.29. The van der Waals surface area contributed by atoms with E-state index in [0.717, 1.165) is 12.0 Å². The Balaban J connectivity index is 1.68. The fourth-order valence-electron chi connectivity index (χ4n) is 3.11. The third-order valence-electron chi connectivity index (χ3n) is 4.76. The number of carbonyl (C=O) groups is 1. The number of nitrogens with zero attached hydrogens (tertiary/aromatic N) is 1. The summed E-state index contributed by atoms with van der Waals surface area (Å²) >= 11 is 0. The molecule has 2 atom stereocenters. The molecule has 0 spiro atoms. The van der Waals surface area contributed by atoms with Crippen molar-refractivity contribution in [3.8, 4) is 0 Å². The van der Waals surface area contributed by atoms with Crippen LogP contribution in [0, 0.1) is 11.7 Å². The lowest BCUT2D eigenvalue weighted by molar-refractivity contribution is -0.133. The molecule has 0 unspecified atom stereocenters. The van der Waals surface area contributed by atoms with Crippen molar-refractivity contribution >= 4 is 15.7 Å². The molecule has 120 valence electrons. The first kappa shape index (κ1) is 15.5. The molecular weight excluding hydrogens is 305 g/mol. The first-order valence-electron chi connectivity index (χ1n) is 7.48. The van der Waals surface area contributed by atoms with E-state index in [0.29, 0.717) is 0 Å². The van der Waals surface area contributed by atoms with Crippen LogP contribution in [0.3, 0.4) is 0 Å². The van der Waals surface area contributed by atoms with Crippen LogP contribution < -0.4 is 0 Å². The van der Waals surface area contributed by atoms with E-state index in [-0.39, 0.29) is 42.4 Å². The highest BCUT2D eigenvalue weighted by Gasteiger charge is 2.49. The fraction of sp³-hybridized carbons (Fsp3) is 0.562. The van der Waals surface area contributed by atoms with E-state index in [4.69, 9.17) is 0 Å². The smallest absolute Gasteiger partial charge is 0.226 e. The Kier molecular flexibility index (Phi) is 3.55. The molecule has 3 rings (SSSR count). The van der Waals surface area contributed by atoms with Crippen LogP contribution in [-0.4, -0.2) is 42.8 Å². The Labute approximate surface area is 130 Å². The highest BCUT2D eigenvalue weighted by Crippen LogP contribution is 2.48. The van der Waals surface area contributed by atoms with Crippen molar-refractivity contribution in [2.24, 2.45) is 5.92 Å². The highest BCUT2D eigenvalue weighted by atomic mass is 32.2. The minimum atomic E-state index is -3.14. The Morgan fingerprint density at radius 1 is 1.27 bits per heavy atom. The summed E-state index contributed by atoms with van der Waals surface area (Å²) in [7, 11) is -3.14. The molecule has 6 heteroatoms. The first-order chi connectivity index (χ1) is 10.2. The molecule has 2 fully saturated rings. The summed E-state index contributed by atoms with van der Waals surface area (Å²) in [5.41, 5.74) is 0.976. The molecule has 1 aromatic rings. The second-order valence-corrected chi connectivity index (χ2v) is 9.58. The van der Waals surface area contributed by atoms with Crippen molar-refractivity contribution in [1.29, 1.82) is 0 Å². The second-order valence-electron chi connectivity index (χ2n) is 6.84. The van der Waals surface area contributed by atoms with Crippen molar-refractivity contribution in [2.75, 3.05) is 18.8 Å². The van der Waals surface area contributed by atoms with Crippen molar-refractivity contribution in [3.05, 3.63) is 35.6 Å². The van der Waals surface area contributed by atoms with Gasteiger partial charge in [0.25, 0.3) is 0 Å². The standard InChI is InChI=1S/C16H20FNO3S/c1-16(2)10-18(7-8-22(16,20)21)15(19)14-9-13(14)11-3-5-12(17)6-4-11/h3-6,13-14H,7-10H2,1-2H3/t13-,14-/m0/s1. The number of sulfone groups is 1. The van der Waals surface area contributed by atoms with Crippen LogP contribution >= 0.6 is 0 Å². The van der Waals surface area contributed by atoms with Gasteiger partial charge in [0.2, 0.25) is 5.91 Å². The lowest BCUT2D eigenvalue weighted by Crippen LogP contribution is -2.55. The molecule has 1 aliphatic carbocycles. The SMILES string of the molecule is CC1(C)CN(C(=O)[C@H]2C[C@H]2c2ccc(F)cc2)CCS1(=O)=O. The van der Waals surface area contributed by atoms with E-state index in [9.17, 15) is 17.6 Å². The van der Waals surface area contributed by atoms with Gasteiger partial charge in [0.1, 0.15) is 5.82 Å². The minimum absolute atomic E-state index is 0.0253. The van der Waals surface area contributed by atoms with Crippen LogP contribution in [0.2, 0.25) is 0 Å². The number of hydrogen-bond acceptors (Lipinski definition) is 3. The van der Waals surface area contributed by atoms with Crippen LogP contribution in [0.4, 0.5) is 4.39 Å². The van der Waals surface area contributed by atoms with E-state index in [1.807, 2.05) is 0 Å². The zero-order valence-corrected chi connectivity index (χ0v) is 13.6. The Hall–Kier alpha value is -1.43. The molecule has 4 nitrogen and oxygen atoms in total. The van der Waals surface area contributed by atoms with Gasteiger partial charge in [0.15, 0.2) is 9.84 Å². The summed E-state index contributed by atoms with van der Waals surface area (Å²) in [4.78, 5) is 14.2. The lowest BCUT2D eigenvalue weighted by Gasteiger charge is -2.37. The zero-order chi connectivity index (χ0) is 16.1. The molecule has 1 heterocycles. The van der Waals surface area contributed by atoms with Gasteiger partial charge in [-0.05, 0) is 43.9 Å². The van der Waals surface area contributed by atoms with Crippen LogP contribution in [0.1, 0.15) is 31.7 Å². The van der Waals surface area contributed by atoms with Crippen molar-refractivity contribution in [1.82, 2.24) is 4.90 Å². The predicted octanol–water partition coefficient (Wildman–Crippen LogP) is 1.96. The summed E-state index contributed by atoms with van der Waals surface area (Å²) in [6.07, 6.45) is 0.758. The molecule has 0 aromatic heterocycles. The molecule has 1 saturated carbocycles. The Morgan fingerprint density at radius 2 is 1.91 bits per heavy atom. The molecule has 0 bridgehead atoms. The first-order valence-corrected chi connectivity index (χ1v) is 9.13.